The highest BCUT2D eigenvalue weighted by molar-refractivity contribution is 6.05. The van der Waals surface area contributed by atoms with Crippen molar-refractivity contribution in [3.63, 3.8) is 0 Å². The zero-order valence-electron chi connectivity index (χ0n) is 17.5. The number of amides is 1. The molecule has 1 aliphatic carbocycles. The maximum absolute atomic E-state index is 14.9. The topological polar surface area (TPSA) is 91.4 Å². The fraction of sp³-hybridized carbons (Fsp3) is 0.333. The molecular formula is C24H25FN2O4. The van der Waals surface area contributed by atoms with Crippen molar-refractivity contribution in [2.45, 2.75) is 44.4 Å². The van der Waals surface area contributed by atoms with Crippen LogP contribution in [0, 0.1) is 5.82 Å². The molecule has 3 N–H and O–H groups in total. The van der Waals surface area contributed by atoms with Crippen LogP contribution >= 0.6 is 0 Å². The second-order valence-corrected chi connectivity index (χ2v) is 8.37. The van der Waals surface area contributed by atoms with Crippen LogP contribution in [-0.4, -0.2) is 23.1 Å². The second kappa shape index (κ2) is 8.06. The van der Waals surface area contributed by atoms with E-state index in [1.54, 1.807) is 12.1 Å². The highest BCUT2D eigenvalue weighted by Gasteiger charge is 2.32. The molecule has 0 bridgehead atoms. The molecule has 0 unspecified atom stereocenters. The number of aromatic hydroxyl groups is 1. The summed E-state index contributed by atoms with van der Waals surface area (Å²) < 4.78 is 20.0. The van der Waals surface area contributed by atoms with E-state index in [1.807, 2.05) is 6.92 Å². The number of fused-ring (bicyclic) bond motifs is 1. The van der Waals surface area contributed by atoms with Gasteiger partial charge in [0.05, 0.1) is 12.8 Å². The number of benzene rings is 2. The molecule has 0 spiro atoms. The zero-order chi connectivity index (χ0) is 22.2. The number of nitrogens with one attached hydrogen (secondary N) is 2. The number of anilines is 1. The summed E-state index contributed by atoms with van der Waals surface area (Å²) in [6.45, 7) is 2.03. The Morgan fingerprint density at radius 2 is 1.94 bits per heavy atom. The Balaban J connectivity index is 1.65. The number of carbonyl (C=O) groups excluding carboxylic acids is 1. The fourth-order valence-corrected chi connectivity index (χ4v) is 4.43. The molecule has 0 aliphatic heterocycles. The maximum atomic E-state index is 14.9. The highest BCUT2D eigenvalue weighted by Crippen LogP contribution is 2.44. The Hall–Kier alpha value is -3.35. The molecular weight excluding hydrogens is 399 g/mol. The van der Waals surface area contributed by atoms with Crippen LogP contribution in [0.2, 0.25) is 0 Å². The standard InChI is InChI=1S/C24H25FN2O4/c1-24(8-4-3-5-9-24)17-11-18(25)20(12-21(17)28)27-23(30)16-13-26-19-7-6-14(31-2)10-15(19)22(16)29/h6-7,10-13,28H,3-5,8-9H2,1-2H3,(H,26,29)(H,27,30). The van der Waals surface area contributed by atoms with E-state index >= 15 is 0 Å². The lowest BCUT2D eigenvalue weighted by Gasteiger charge is -2.34. The Morgan fingerprint density at radius 3 is 2.65 bits per heavy atom. The van der Waals surface area contributed by atoms with Crippen molar-refractivity contribution < 1.29 is 19.0 Å². The quantitative estimate of drug-likeness (QED) is 0.558. The zero-order valence-corrected chi connectivity index (χ0v) is 17.5. The average molecular weight is 424 g/mol. The monoisotopic (exact) mass is 424 g/mol. The van der Waals surface area contributed by atoms with E-state index < -0.39 is 17.2 Å². The predicted octanol–water partition coefficient (Wildman–Crippen LogP) is 4.86. The molecule has 0 radical (unpaired) electrons. The van der Waals surface area contributed by atoms with Crippen LogP contribution in [0.15, 0.2) is 41.3 Å². The van der Waals surface area contributed by atoms with Gasteiger partial charge < -0.3 is 20.1 Å². The first-order valence-electron chi connectivity index (χ1n) is 10.4. The molecule has 1 aromatic heterocycles. The van der Waals surface area contributed by atoms with Crippen molar-refractivity contribution in [1.29, 1.82) is 0 Å². The number of hydrogen-bond donors (Lipinski definition) is 3. The molecule has 1 fully saturated rings. The van der Waals surface area contributed by atoms with Gasteiger partial charge in [0.15, 0.2) is 0 Å². The van der Waals surface area contributed by atoms with Crippen molar-refractivity contribution in [2.75, 3.05) is 12.4 Å². The van der Waals surface area contributed by atoms with Gasteiger partial charge in [-0.15, -0.1) is 0 Å². The van der Waals surface area contributed by atoms with Crippen molar-refractivity contribution in [2.24, 2.45) is 0 Å². The summed E-state index contributed by atoms with van der Waals surface area (Å²) in [6.07, 6.45) is 6.25. The highest BCUT2D eigenvalue weighted by atomic mass is 19.1. The van der Waals surface area contributed by atoms with Crippen LogP contribution in [0.25, 0.3) is 10.9 Å². The lowest BCUT2D eigenvalue weighted by Crippen LogP contribution is -2.26. The molecule has 6 nitrogen and oxygen atoms in total. The number of phenolic OH excluding ortho intramolecular Hbond substituents is 1. The molecule has 1 heterocycles. The average Bonchev–Trinajstić information content (AvgIpc) is 2.76. The summed E-state index contributed by atoms with van der Waals surface area (Å²) in [5, 5.41) is 13.3. The van der Waals surface area contributed by atoms with Gasteiger partial charge in [0.25, 0.3) is 5.91 Å². The van der Waals surface area contributed by atoms with E-state index in [2.05, 4.69) is 10.3 Å². The fourth-order valence-electron chi connectivity index (χ4n) is 4.43. The molecule has 0 saturated heterocycles. The first-order chi connectivity index (χ1) is 14.8. The Bertz CT molecular complexity index is 1210. The molecule has 0 atom stereocenters. The van der Waals surface area contributed by atoms with Gasteiger partial charge in [-0.05, 0) is 42.5 Å². The maximum Gasteiger partial charge on any atom is 0.261 e. The van der Waals surface area contributed by atoms with Gasteiger partial charge >= 0.3 is 0 Å². The van der Waals surface area contributed by atoms with Crippen molar-refractivity contribution in [1.82, 2.24) is 4.98 Å². The van der Waals surface area contributed by atoms with E-state index in [4.69, 9.17) is 4.74 Å². The normalized spacial score (nSPS) is 15.6. The number of ether oxygens (including phenoxy) is 1. The van der Waals surface area contributed by atoms with E-state index in [9.17, 15) is 19.1 Å². The molecule has 7 heteroatoms. The smallest absolute Gasteiger partial charge is 0.261 e. The number of hydrogen-bond acceptors (Lipinski definition) is 4. The largest absolute Gasteiger partial charge is 0.508 e. The molecule has 31 heavy (non-hydrogen) atoms. The van der Waals surface area contributed by atoms with Gasteiger partial charge in [0.1, 0.15) is 22.9 Å². The third kappa shape index (κ3) is 3.87. The number of aromatic amines is 1. The van der Waals surface area contributed by atoms with Gasteiger partial charge in [-0.3, -0.25) is 9.59 Å². The van der Waals surface area contributed by atoms with Crippen molar-refractivity contribution in [3.05, 3.63) is 63.7 Å². The van der Waals surface area contributed by atoms with Gasteiger partial charge in [0.2, 0.25) is 5.43 Å². The van der Waals surface area contributed by atoms with Gasteiger partial charge in [-0.25, -0.2) is 4.39 Å². The van der Waals surface area contributed by atoms with Crippen LogP contribution in [0.1, 0.15) is 54.9 Å². The van der Waals surface area contributed by atoms with E-state index in [-0.39, 0.29) is 27.8 Å². The first kappa shape index (κ1) is 20.9. The summed E-state index contributed by atoms with van der Waals surface area (Å²) >= 11 is 0. The molecule has 1 amide bonds. The minimum atomic E-state index is -0.763. The molecule has 1 saturated carbocycles. The second-order valence-electron chi connectivity index (χ2n) is 8.37. The van der Waals surface area contributed by atoms with Gasteiger partial charge in [-0.2, -0.15) is 0 Å². The third-order valence-electron chi connectivity index (χ3n) is 6.27. The molecule has 162 valence electrons. The SMILES string of the molecule is COc1ccc2[nH]cc(C(=O)Nc3cc(O)c(C4(C)CCCCC4)cc3F)c(=O)c2c1. The molecule has 1 aliphatic rings. The number of halogens is 1. The van der Waals surface area contributed by atoms with Crippen LogP contribution < -0.4 is 15.5 Å². The van der Waals surface area contributed by atoms with E-state index in [0.29, 0.717) is 16.8 Å². The molecule has 2 aromatic carbocycles. The molecule has 4 rings (SSSR count). The third-order valence-corrected chi connectivity index (χ3v) is 6.27. The van der Waals surface area contributed by atoms with Crippen molar-refractivity contribution in [3.8, 4) is 11.5 Å². The Kier molecular flexibility index (Phi) is 5.43. The van der Waals surface area contributed by atoms with Crippen LogP contribution in [0.3, 0.4) is 0 Å². The van der Waals surface area contributed by atoms with Crippen LogP contribution in [-0.2, 0) is 5.41 Å². The summed E-state index contributed by atoms with van der Waals surface area (Å²) in [5.41, 5.74) is -0.0187. The number of rotatable bonds is 4. The molecule has 3 aromatic rings. The number of pyridine rings is 1. The first-order valence-corrected chi connectivity index (χ1v) is 10.4. The lowest BCUT2D eigenvalue weighted by molar-refractivity contribution is 0.102. The lowest BCUT2D eigenvalue weighted by atomic mass is 9.70. The van der Waals surface area contributed by atoms with Gasteiger partial charge in [0, 0.05) is 28.7 Å². The number of H-pyrrole nitrogens is 1. The van der Waals surface area contributed by atoms with E-state index in [1.165, 1.54) is 31.5 Å². The summed E-state index contributed by atoms with van der Waals surface area (Å²) in [7, 11) is 1.48. The predicted molar refractivity (Wildman–Crippen MR) is 118 cm³/mol. The summed E-state index contributed by atoms with van der Waals surface area (Å²) in [5.74, 6) is -0.982. The summed E-state index contributed by atoms with van der Waals surface area (Å²) in [6, 6.07) is 7.44. The minimum absolute atomic E-state index is 0.0572. The summed E-state index contributed by atoms with van der Waals surface area (Å²) in [4.78, 5) is 28.4. The van der Waals surface area contributed by atoms with Crippen LogP contribution in [0.4, 0.5) is 10.1 Å². The number of methoxy groups -OCH3 is 1. The Morgan fingerprint density at radius 1 is 1.19 bits per heavy atom. The number of aromatic nitrogens is 1. The number of phenols is 1. The minimum Gasteiger partial charge on any atom is -0.508 e. The Labute approximate surface area is 179 Å². The number of carbonyl (C=O) groups is 1. The van der Waals surface area contributed by atoms with Crippen molar-refractivity contribution >= 4 is 22.5 Å². The van der Waals surface area contributed by atoms with Crippen LogP contribution in [0.5, 0.6) is 11.5 Å². The van der Waals surface area contributed by atoms with E-state index in [0.717, 1.165) is 32.1 Å². The van der Waals surface area contributed by atoms with Gasteiger partial charge in [-0.1, -0.05) is 26.2 Å².